The maximum atomic E-state index is 12.3. The molecule has 3 aromatic rings. The van der Waals surface area contributed by atoms with E-state index in [1.54, 1.807) is 10.9 Å². The Morgan fingerprint density at radius 3 is 2.87 bits per heavy atom. The molecular weight excluding hydrogens is 308 g/mol. The van der Waals surface area contributed by atoms with Gasteiger partial charge in [-0.2, -0.15) is 0 Å². The fourth-order valence-corrected chi connectivity index (χ4v) is 3.42. The Morgan fingerprint density at radius 1 is 1.30 bits per heavy atom. The summed E-state index contributed by atoms with van der Waals surface area (Å²) in [5.41, 5.74) is 2.56. The lowest BCUT2D eigenvalue weighted by atomic mass is 9.98. The summed E-state index contributed by atoms with van der Waals surface area (Å²) in [6.07, 6.45) is 1.59. The SMILES string of the molecule is Cc1cc(OCCn2cnc3sccc3c2=O)ccc1C(C)C. The van der Waals surface area contributed by atoms with Crippen molar-refractivity contribution < 1.29 is 4.74 Å². The van der Waals surface area contributed by atoms with Crippen LogP contribution in [0.5, 0.6) is 5.75 Å². The number of nitrogens with zero attached hydrogens (tertiary/aromatic N) is 2. The van der Waals surface area contributed by atoms with Crippen molar-refractivity contribution in [3.63, 3.8) is 0 Å². The third-order valence-electron chi connectivity index (χ3n) is 3.91. The molecule has 0 aliphatic rings. The molecule has 4 nitrogen and oxygen atoms in total. The third-order valence-corrected chi connectivity index (χ3v) is 4.74. The minimum Gasteiger partial charge on any atom is -0.492 e. The quantitative estimate of drug-likeness (QED) is 0.712. The van der Waals surface area contributed by atoms with E-state index in [1.807, 2.05) is 17.5 Å². The molecule has 23 heavy (non-hydrogen) atoms. The van der Waals surface area contributed by atoms with E-state index in [1.165, 1.54) is 22.5 Å². The van der Waals surface area contributed by atoms with Crippen molar-refractivity contribution in [2.75, 3.05) is 6.61 Å². The molecule has 0 N–H and O–H groups in total. The zero-order valence-corrected chi connectivity index (χ0v) is 14.4. The molecule has 0 aliphatic heterocycles. The normalized spacial score (nSPS) is 11.3. The Bertz CT molecular complexity index is 880. The summed E-state index contributed by atoms with van der Waals surface area (Å²) in [7, 11) is 0. The zero-order valence-electron chi connectivity index (χ0n) is 13.6. The van der Waals surface area contributed by atoms with Crippen LogP contribution < -0.4 is 10.3 Å². The lowest BCUT2D eigenvalue weighted by Gasteiger charge is -2.13. The molecule has 0 saturated carbocycles. The largest absolute Gasteiger partial charge is 0.492 e. The predicted molar refractivity (Wildman–Crippen MR) is 94.6 cm³/mol. The first-order valence-electron chi connectivity index (χ1n) is 7.72. The smallest absolute Gasteiger partial charge is 0.262 e. The van der Waals surface area contributed by atoms with Crippen LogP contribution in [0.25, 0.3) is 10.2 Å². The first-order valence-corrected chi connectivity index (χ1v) is 8.60. The highest BCUT2D eigenvalue weighted by molar-refractivity contribution is 7.16. The van der Waals surface area contributed by atoms with Gasteiger partial charge in [-0.25, -0.2) is 4.98 Å². The van der Waals surface area contributed by atoms with Crippen LogP contribution in [-0.4, -0.2) is 16.2 Å². The van der Waals surface area contributed by atoms with E-state index < -0.39 is 0 Å². The molecule has 0 spiro atoms. The second-order valence-corrected chi connectivity index (χ2v) is 6.80. The first kappa shape index (κ1) is 15.7. The van der Waals surface area contributed by atoms with Gasteiger partial charge in [0.2, 0.25) is 0 Å². The lowest BCUT2D eigenvalue weighted by molar-refractivity contribution is 0.296. The summed E-state index contributed by atoms with van der Waals surface area (Å²) >= 11 is 1.48. The number of aromatic nitrogens is 2. The van der Waals surface area contributed by atoms with E-state index in [0.29, 0.717) is 24.5 Å². The second-order valence-electron chi connectivity index (χ2n) is 5.90. The Morgan fingerprint density at radius 2 is 2.13 bits per heavy atom. The van der Waals surface area contributed by atoms with Gasteiger partial charge >= 0.3 is 0 Å². The Balaban J connectivity index is 1.68. The molecule has 2 heterocycles. The van der Waals surface area contributed by atoms with Gasteiger partial charge in [-0.15, -0.1) is 11.3 Å². The van der Waals surface area contributed by atoms with E-state index in [4.69, 9.17) is 4.74 Å². The van der Waals surface area contributed by atoms with Crippen LogP contribution in [0.3, 0.4) is 0 Å². The monoisotopic (exact) mass is 328 g/mol. The fourth-order valence-electron chi connectivity index (χ4n) is 2.70. The molecule has 3 rings (SSSR count). The summed E-state index contributed by atoms with van der Waals surface area (Å²) in [6.45, 7) is 7.40. The van der Waals surface area contributed by atoms with E-state index in [9.17, 15) is 4.79 Å². The number of thiophene rings is 1. The summed E-state index contributed by atoms with van der Waals surface area (Å²) in [5, 5.41) is 2.56. The minimum absolute atomic E-state index is 0.00816. The standard InChI is InChI=1S/C18H20N2O2S/c1-12(2)15-5-4-14(10-13(15)3)22-8-7-20-11-19-17-16(18(20)21)6-9-23-17/h4-6,9-12H,7-8H2,1-3H3. The van der Waals surface area contributed by atoms with Crippen molar-refractivity contribution in [3.05, 3.63) is 57.5 Å². The van der Waals surface area contributed by atoms with Crippen molar-refractivity contribution in [2.24, 2.45) is 0 Å². The molecule has 0 amide bonds. The molecule has 5 heteroatoms. The Kier molecular flexibility index (Phi) is 4.48. The van der Waals surface area contributed by atoms with Gasteiger partial charge in [0, 0.05) is 0 Å². The number of hydrogen-bond acceptors (Lipinski definition) is 4. The fraction of sp³-hybridized carbons (Fsp3) is 0.333. The van der Waals surface area contributed by atoms with E-state index in [2.05, 4.69) is 37.9 Å². The number of hydrogen-bond donors (Lipinski definition) is 0. The van der Waals surface area contributed by atoms with Crippen LogP contribution in [0.1, 0.15) is 30.9 Å². The van der Waals surface area contributed by atoms with E-state index >= 15 is 0 Å². The summed E-state index contributed by atoms with van der Waals surface area (Å²) in [4.78, 5) is 17.4. The molecule has 2 aromatic heterocycles. The van der Waals surface area contributed by atoms with Crippen LogP contribution in [0, 0.1) is 6.92 Å². The zero-order chi connectivity index (χ0) is 16.4. The van der Waals surface area contributed by atoms with Crippen molar-refractivity contribution in [3.8, 4) is 5.75 Å². The molecule has 0 aliphatic carbocycles. The average Bonchev–Trinajstić information content (AvgIpc) is 2.98. The van der Waals surface area contributed by atoms with E-state index in [0.717, 1.165) is 10.6 Å². The number of aryl methyl sites for hydroxylation is 1. The Labute approximate surface area is 139 Å². The van der Waals surface area contributed by atoms with Crippen LogP contribution in [0.2, 0.25) is 0 Å². The number of fused-ring (bicyclic) bond motifs is 1. The van der Waals surface area contributed by atoms with Gasteiger partial charge in [-0.1, -0.05) is 19.9 Å². The number of benzene rings is 1. The molecule has 0 atom stereocenters. The molecule has 0 fully saturated rings. The average molecular weight is 328 g/mol. The summed E-state index contributed by atoms with van der Waals surface area (Å²) in [6, 6.07) is 7.98. The highest BCUT2D eigenvalue weighted by Gasteiger charge is 2.06. The topological polar surface area (TPSA) is 44.1 Å². The van der Waals surface area contributed by atoms with Crippen LogP contribution in [0.4, 0.5) is 0 Å². The molecule has 0 bridgehead atoms. The van der Waals surface area contributed by atoms with Crippen molar-refractivity contribution in [1.29, 1.82) is 0 Å². The summed E-state index contributed by atoms with van der Waals surface area (Å²) in [5.74, 6) is 1.34. The maximum Gasteiger partial charge on any atom is 0.262 e. The molecule has 0 saturated heterocycles. The van der Waals surface area contributed by atoms with Crippen molar-refractivity contribution in [1.82, 2.24) is 9.55 Å². The van der Waals surface area contributed by atoms with Gasteiger partial charge in [-0.3, -0.25) is 9.36 Å². The first-order chi connectivity index (χ1) is 11.1. The number of rotatable bonds is 5. The van der Waals surface area contributed by atoms with Gasteiger partial charge in [0.25, 0.3) is 5.56 Å². The summed E-state index contributed by atoms with van der Waals surface area (Å²) < 4.78 is 7.39. The van der Waals surface area contributed by atoms with Gasteiger partial charge in [-0.05, 0) is 47.5 Å². The van der Waals surface area contributed by atoms with Gasteiger partial charge in [0.15, 0.2) is 0 Å². The highest BCUT2D eigenvalue weighted by Crippen LogP contribution is 2.23. The van der Waals surface area contributed by atoms with Gasteiger partial charge < -0.3 is 4.74 Å². The Hall–Kier alpha value is -2.14. The highest BCUT2D eigenvalue weighted by atomic mass is 32.1. The predicted octanol–water partition coefficient (Wildman–Crippen LogP) is 3.97. The molecule has 1 aromatic carbocycles. The second kappa shape index (κ2) is 6.54. The maximum absolute atomic E-state index is 12.3. The van der Waals surface area contributed by atoms with Gasteiger partial charge in [0.05, 0.1) is 18.3 Å². The molecule has 0 radical (unpaired) electrons. The minimum atomic E-state index is -0.00816. The van der Waals surface area contributed by atoms with Crippen LogP contribution in [-0.2, 0) is 6.54 Å². The molecular formula is C18H20N2O2S. The van der Waals surface area contributed by atoms with Gasteiger partial charge in [0.1, 0.15) is 17.2 Å². The van der Waals surface area contributed by atoms with E-state index in [-0.39, 0.29) is 5.56 Å². The van der Waals surface area contributed by atoms with Crippen molar-refractivity contribution in [2.45, 2.75) is 33.2 Å². The third kappa shape index (κ3) is 3.29. The van der Waals surface area contributed by atoms with Crippen LogP contribution >= 0.6 is 11.3 Å². The van der Waals surface area contributed by atoms with Crippen molar-refractivity contribution >= 4 is 21.6 Å². The molecule has 0 unspecified atom stereocenters. The lowest BCUT2D eigenvalue weighted by Crippen LogP contribution is -2.23. The van der Waals surface area contributed by atoms with Crippen LogP contribution in [0.15, 0.2) is 40.8 Å². The molecule has 120 valence electrons. The number of ether oxygens (including phenoxy) is 1.